The predicted molar refractivity (Wildman–Crippen MR) is 72.1 cm³/mol. The van der Waals surface area contributed by atoms with Gasteiger partial charge in [0.15, 0.2) is 6.61 Å². The number of carbonyl (C=O) groups excluding carboxylic acids is 2. The van der Waals surface area contributed by atoms with Gasteiger partial charge in [-0.3, -0.25) is 9.78 Å². The van der Waals surface area contributed by atoms with Crippen molar-refractivity contribution >= 4 is 17.7 Å². The van der Waals surface area contributed by atoms with E-state index in [0.29, 0.717) is 11.4 Å². The van der Waals surface area contributed by atoms with E-state index in [0.717, 1.165) is 5.56 Å². The lowest BCUT2D eigenvalue weighted by Gasteiger charge is -2.06. The highest BCUT2D eigenvalue weighted by Gasteiger charge is 2.10. The third kappa shape index (κ3) is 3.88. The quantitative estimate of drug-likeness (QED) is 0.854. The molecule has 0 aliphatic carbocycles. The summed E-state index contributed by atoms with van der Waals surface area (Å²) in [5.41, 5.74) is 1.32. The zero-order valence-electron chi connectivity index (χ0n) is 10.9. The fourth-order valence-corrected chi connectivity index (χ4v) is 1.49. The maximum Gasteiger partial charge on any atom is 0.338 e. The third-order valence-corrected chi connectivity index (χ3v) is 2.43. The number of aromatic nitrogens is 2. The average molecular weight is 271 g/mol. The third-order valence-electron chi connectivity index (χ3n) is 2.43. The number of carbonyl (C=O) groups is 2. The number of pyridine rings is 2. The van der Waals surface area contributed by atoms with Crippen molar-refractivity contribution in [3.8, 4) is 0 Å². The topological polar surface area (TPSA) is 81.2 Å². The second kappa shape index (κ2) is 6.42. The zero-order chi connectivity index (χ0) is 14.4. The standard InChI is InChI=1S/C14H13N3O3/c1-10-2-7-16-12(8-10)17-13(18)9-20-14(19)11-3-5-15-6-4-11/h2-8H,9H2,1H3,(H,16,17,18). The molecule has 2 aromatic rings. The molecule has 0 spiro atoms. The Morgan fingerprint density at radius 1 is 1.20 bits per heavy atom. The fourth-order valence-electron chi connectivity index (χ4n) is 1.49. The largest absolute Gasteiger partial charge is 0.452 e. The van der Waals surface area contributed by atoms with Gasteiger partial charge in [-0.05, 0) is 36.8 Å². The molecule has 0 unspecified atom stereocenters. The van der Waals surface area contributed by atoms with Crippen molar-refractivity contribution in [3.63, 3.8) is 0 Å². The number of rotatable bonds is 4. The molecule has 0 saturated heterocycles. The van der Waals surface area contributed by atoms with Gasteiger partial charge < -0.3 is 10.1 Å². The van der Waals surface area contributed by atoms with E-state index >= 15 is 0 Å². The number of hydrogen-bond acceptors (Lipinski definition) is 5. The van der Waals surface area contributed by atoms with E-state index in [1.807, 2.05) is 13.0 Å². The fraction of sp³-hybridized carbons (Fsp3) is 0.143. The number of aryl methyl sites for hydroxylation is 1. The SMILES string of the molecule is Cc1ccnc(NC(=O)COC(=O)c2ccncc2)c1. The molecule has 0 aromatic carbocycles. The smallest absolute Gasteiger partial charge is 0.338 e. The average Bonchev–Trinajstić information content (AvgIpc) is 2.46. The molecule has 2 aromatic heterocycles. The summed E-state index contributed by atoms with van der Waals surface area (Å²) >= 11 is 0. The number of amides is 1. The van der Waals surface area contributed by atoms with Crippen molar-refractivity contribution in [2.45, 2.75) is 6.92 Å². The molecule has 0 radical (unpaired) electrons. The van der Waals surface area contributed by atoms with Gasteiger partial charge in [0, 0.05) is 18.6 Å². The minimum Gasteiger partial charge on any atom is -0.452 e. The maximum absolute atomic E-state index is 11.6. The van der Waals surface area contributed by atoms with Crippen LogP contribution in [0.5, 0.6) is 0 Å². The van der Waals surface area contributed by atoms with Crippen LogP contribution in [-0.4, -0.2) is 28.5 Å². The molecule has 2 rings (SSSR count). The maximum atomic E-state index is 11.6. The van der Waals surface area contributed by atoms with Gasteiger partial charge in [-0.2, -0.15) is 0 Å². The van der Waals surface area contributed by atoms with Gasteiger partial charge >= 0.3 is 5.97 Å². The monoisotopic (exact) mass is 271 g/mol. The number of anilines is 1. The van der Waals surface area contributed by atoms with Crippen LogP contribution in [0.4, 0.5) is 5.82 Å². The molecule has 0 saturated carbocycles. The number of hydrogen-bond donors (Lipinski definition) is 1. The Balaban J connectivity index is 1.85. The number of nitrogens with zero attached hydrogens (tertiary/aromatic N) is 2. The molecular weight excluding hydrogens is 258 g/mol. The summed E-state index contributed by atoms with van der Waals surface area (Å²) in [6.45, 7) is 1.53. The molecule has 1 N–H and O–H groups in total. The van der Waals surface area contributed by atoms with Gasteiger partial charge in [0.1, 0.15) is 5.82 Å². The molecular formula is C14H13N3O3. The van der Waals surface area contributed by atoms with Gasteiger partial charge in [-0.15, -0.1) is 0 Å². The number of esters is 1. The van der Waals surface area contributed by atoms with Gasteiger partial charge in [0.2, 0.25) is 0 Å². The molecule has 0 fully saturated rings. The molecule has 20 heavy (non-hydrogen) atoms. The Hall–Kier alpha value is -2.76. The van der Waals surface area contributed by atoms with Crippen LogP contribution in [0.3, 0.4) is 0 Å². The summed E-state index contributed by atoms with van der Waals surface area (Å²) < 4.78 is 4.89. The van der Waals surface area contributed by atoms with E-state index in [-0.39, 0.29) is 6.61 Å². The summed E-state index contributed by atoms with van der Waals surface area (Å²) in [6.07, 6.45) is 4.55. The molecule has 0 aliphatic rings. The first-order valence-electron chi connectivity index (χ1n) is 5.95. The lowest BCUT2D eigenvalue weighted by molar-refractivity contribution is -0.119. The van der Waals surface area contributed by atoms with Gasteiger partial charge in [0.25, 0.3) is 5.91 Å². The lowest BCUT2D eigenvalue weighted by atomic mass is 10.3. The van der Waals surface area contributed by atoms with Gasteiger partial charge in [0.05, 0.1) is 5.56 Å². The summed E-state index contributed by atoms with van der Waals surface area (Å²) in [4.78, 5) is 31.0. The molecule has 0 atom stereocenters. The minimum absolute atomic E-state index is 0.349. The molecule has 2 heterocycles. The Morgan fingerprint density at radius 3 is 2.65 bits per heavy atom. The van der Waals surface area contributed by atoms with E-state index in [4.69, 9.17) is 4.74 Å². The van der Waals surface area contributed by atoms with E-state index in [1.54, 1.807) is 12.3 Å². The van der Waals surface area contributed by atoms with Gasteiger partial charge in [-0.1, -0.05) is 0 Å². The van der Waals surface area contributed by atoms with Crippen molar-refractivity contribution in [1.29, 1.82) is 0 Å². The number of ether oxygens (including phenoxy) is 1. The first-order valence-corrected chi connectivity index (χ1v) is 5.95. The van der Waals surface area contributed by atoms with E-state index in [2.05, 4.69) is 15.3 Å². The van der Waals surface area contributed by atoms with Crippen LogP contribution in [0.15, 0.2) is 42.9 Å². The Kier molecular flexibility index (Phi) is 4.39. The minimum atomic E-state index is -0.570. The first-order chi connectivity index (χ1) is 9.65. The van der Waals surface area contributed by atoms with Crippen LogP contribution in [0.25, 0.3) is 0 Å². The van der Waals surface area contributed by atoms with Crippen molar-refractivity contribution in [2.24, 2.45) is 0 Å². The number of nitrogens with one attached hydrogen (secondary N) is 1. The second-order valence-corrected chi connectivity index (χ2v) is 4.08. The molecule has 0 aliphatic heterocycles. The van der Waals surface area contributed by atoms with Crippen LogP contribution in [0.2, 0.25) is 0 Å². The van der Waals surface area contributed by atoms with Crippen LogP contribution in [0.1, 0.15) is 15.9 Å². The Labute approximate surface area is 115 Å². The Morgan fingerprint density at radius 2 is 1.95 bits per heavy atom. The second-order valence-electron chi connectivity index (χ2n) is 4.08. The molecule has 6 heteroatoms. The Bertz CT molecular complexity index is 614. The van der Waals surface area contributed by atoms with E-state index in [9.17, 15) is 9.59 Å². The molecule has 0 bridgehead atoms. The van der Waals surface area contributed by atoms with Gasteiger partial charge in [-0.25, -0.2) is 9.78 Å². The highest BCUT2D eigenvalue weighted by Crippen LogP contribution is 2.05. The van der Waals surface area contributed by atoms with Crippen molar-refractivity contribution < 1.29 is 14.3 Å². The lowest BCUT2D eigenvalue weighted by Crippen LogP contribution is -2.21. The summed E-state index contributed by atoms with van der Waals surface area (Å²) in [5, 5.41) is 2.55. The van der Waals surface area contributed by atoms with Crippen molar-refractivity contribution in [3.05, 3.63) is 54.0 Å². The van der Waals surface area contributed by atoms with Crippen molar-refractivity contribution in [1.82, 2.24) is 9.97 Å². The molecule has 6 nitrogen and oxygen atoms in total. The first kappa shape index (κ1) is 13.7. The van der Waals surface area contributed by atoms with Crippen LogP contribution in [0, 0.1) is 6.92 Å². The van der Waals surface area contributed by atoms with Crippen LogP contribution < -0.4 is 5.32 Å². The highest BCUT2D eigenvalue weighted by molar-refractivity contribution is 5.94. The summed E-state index contributed by atoms with van der Waals surface area (Å²) in [6, 6.07) is 6.58. The van der Waals surface area contributed by atoms with E-state index < -0.39 is 11.9 Å². The highest BCUT2D eigenvalue weighted by atomic mass is 16.5. The van der Waals surface area contributed by atoms with E-state index in [1.165, 1.54) is 24.5 Å². The zero-order valence-corrected chi connectivity index (χ0v) is 10.9. The molecule has 102 valence electrons. The van der Waals surface area contributed by atoms with Crippen molar-refractivity contribution in [2.75, 3.05) is 11.9 Å². The molecule has 1 amide bonds. The summed E-state index contributed by atoms with van der Waals surface area (Å²) in [5.74, 6) is -0.583. The summed E-state index contributed by atoms with van der Waals surface area (Å²) in [7, 11) is 0. The van der Waals surface area contributed by atoms with Crippen LogP contribution >= 0.6 is 0 Å². The predicted octanol–water partition coefficient (Wildman–Crippen LogP) is 1.58. The normalized spacial score (nSPS) is 9.85. The van der Waals surface area contributed by atoms with Crippen LogP contribution in [-0.2, 0) is 9.53 Å².